The summed E-state index contributed by atoms with van der Waals surface area (Å²) in [6.45, 7) is 27.0. The minimum absolute atomic E-state index is 0.107. The monoisotopic (exact) mass is 496 g/mol. The second-order valence-electron chi connectivity index (χ2n) is 11.6. The van der Waals surface area contributed by atoms with E-state index < -0.39 is 16.1 Å². The van der Waals surface area contributed by atoms with E-state index in [1.807, 2.05) is 0 Å². The molecule has 6 heteroatoms. The zero-order valence-corrected chi connectivity index (χ0v) is 25.6. The van der Waals surface area contributed by atoms with Gasteiger partial charge in [-0.15, -0.1) is 11.1 Å². The third kappa shape index (κ3) is 5.14. The molecule has 1 rings (SSSR count). The fraction of sp³-hybridized carbons (Fsp3) is 0.643. The Bertz CT molecular complexity index is 877. The van der Waals surface area contributed by atoms with E-state index in [1.165, 1.54) is 0 Å². The summed E-state index contributed by atoms with van der Waals surface area (Å²) in [4.78, 5) is 0. The maximum Gasteiger partial charge on any atom is 0.146 e. The lowest BCUT2D eigenvalue weighted by atomic mass is 9.91. The van der Waals surface area contributed by atoms with Gasteiger partial charge in [-0.3, -0.25) is 10.8 Å². The van der Waals surface area contributed by atoms with Gasteiger partial charge in [0.2, 0.25) is 0 Å². The maximum atomic E-state index is 8.76. The van der Waals surface area contributed by atoms with Gasteiger partial charge in [-0.25, -0.2) is 0 Å². The van der Waals surface area contributed by atoms with Gasteiger partial charge < -0.3 is 11.5 Å². The van der Waals surface area contributed by atoms with Gasteiger partial charge in [0.15, 0.2) is 0 Å². The molecule has 0 aromatic heterocycles. The van der Waals surface area contributed by atoms with Crippen molar-refractivity contribution in [3.8, 4) is 22.9 Å². The van der Waals surface area contributed by atoms with Crippen LogP contribution < -0.4 is 11.5 Å². The lowest BCUT2D eigenvalue weighted by Gasteiger charge is -2.38. The van der Waals surface area contributed by atoms with Crippen LogP contribution in [-0.4, -0.2) is 27.6 Å². The van der Waals surface area contributed by atoms with E-state index in [0.29, 0.717) is 44.4 Å². The molecule has 0 aliphatic heterocycles. The summed E-state index contributed by atoms with van der Waals surface area (Å²) in [6, 6.07) is 0. The third-order valence-electron chi connectivity index (χ3n) is 8.12. The molecular weight excluding hydrogens is 449 g/mol. The Hall–Kier alpha value is -2.03. The first-order chi connectivity index (χ1) is 15.5. The average molecular weight is 497 g/mol. The Morgan fingerprint density at radius 3 is 0.882 bits per heavy atom. The van der Waals surface area contributed by atoms with E-state index in [1.54, 1.807) is 0 Å². The van der Waals surface area contributed by atoms with Crippen LogP contribution in [0.25, 0.3) is 0 Å². The molecule has 0 bridgehead atoms. The van der Waals surface area contributed by atoms with E-state index in [2.05, 4.69) is 106 Å². The van der Waals surface area contributed by atoms with Crippen molar-refractivity contribution in [2.75, 3.05) is 0 Å². The van der Waals surface area contributed by atoms with Crippen molar-refractivity contribution >= 4 is 27.6 Å². The molecule has 0 unspecified atom stereocenters. The van der Waals surface area contributed by atoms with Gasteiger partial charge in [-0.2, -0.15) is 0 Å². The van der Waals surface area contributed by atoms with Crippen molar-refractivity contribution in [3.63, 3.8) is 0 Å². The molecule has 0 saturated heterocycles. The molecule has 0 radical (unpaired) electrons. The highest BCUT2D eigenvalue weighted by atomic mass is 28.3. The van der Waals surface area contributed by atoms with Crippen LogP contribution in [0.2, 0.25) is 33.2 Å². The van der Waals surface area contributed by atoms with Crippen LogP contribution in [-0.2, 0) is 0 Å². The quantitative estimate of drug-likeness (QED) is 0.182. The maximum absolute atomic E-state index is 8.76. The SMILES string of the molecule is CC(C)[Si](C#CC1=C(N)C(=N)C(C#C[Si](C(C)C)(C(C)C)C(C)C)=C(N)C1=N)(C(C)C)C(C)C. The van der Waals surface area contributed by atoms with Crippen LogP contribution in [0.4, 0.5) is 0 Å². The summed E-state index contributed by atoms with van der Waals surface area (Å²) < 4.78 is 0. The summed E-state index contributed by atoms with van der Waals surface area (Å²) in [5.74, 6) is 6.52. The highest BCUT2D eigenvalue weighted by Crippen LogP contribution is 2.42. The number of hydrogen-bond acceptors (Lipinski definition) is 4. The molecule has 1 aliphatic rings. The van der Waals surface area contributed by atoms with Crippen molar-refractivity contribution in [1.82, 2.24) is 0 Å². The molecule has 34 heavy (non-hydrogen) atoms. The lowest BCUT2D eigenvalue weighted by molar-refractivity contribution is 0.838. The van der Waals surface area contributed by atoms with Crippen LogP contribution >= 0.6 is 0 Å². The summed E-state index contributed by atoms with van der Waals surface area (Å²) in [5.41, 5.74) is 24.3. The van der Waals surface area contributed by atoms with Gasteiger partial charge >= 0.3 is 0 Å². The predicted octanol–water partition coefficient (Wildman–Crippen LogP) is 6.91. The molecule has 0 spiro atoms. The van der Waals surface area contributed by atoms with Gasteiger partial charge in [0, 0.05) is 0 Å². The molecule has 0 saturated carbocycles. The minimum Gasteiger partial charge on any atom is -0.396 e. The number of nitrogens with one attached hydrogen (secondary N) is 2. The Balaban J connectivity index is 3.67. The average Bonchev–Trinajstić information content (AvgIpc) is 2.70. The summed E-state index contributed by atoms with van der Waals surface area (Å²) in [5, 5.41) is 17.5. The zero-order chi connectivity index (χ0) is 26.8. The number of hydrogen-bond donors (Lipinski definition) is 4. The van der Waals surface area contributed by atoms with Gasteiger partial charge in [0.25, 0.3) is 0 Å². The van der Waals surface area contributed by atoms with E-state index in [-0.39, 0.29) is 22.8 Å². The Labute approximate surface area is 211 Å². The normalized spacial score (nSPS) is 15.7. The Morgan fingerprint density at radius 2 is 0.706 bits per heavy atom. The standard InChI is InChI=1S/C28H48N4Si2/c1-17(2)33(18(3)4,19(5)6)15-13-23-25(29)27(31)24(28(32)26(23)30)14-16-34(20(7)8,21(9)10)22(11)12/h17-22,29,32H,30-31H2,1-12H3. The van der Waals surface area contributed by atoms with E-state index in [4.69, 9.17) is 22.3 Å². The zero-order valence-electron chi connectivity index (χ0n) is 23.6. The summed E-state index contributed by atoms with van der Waals surface area (Å²) in [7, 11) is -4.01. The van der Waals surface area contributed by atoms with E-state index >= 15 is 0 Å². The van der Waals surface area contributed by atoms with Crippen molar-refractivity contribution in [3.05, 3.63) is 22.5 Å². The fourth-order valence-corrected chi connectivity index (χ4v) is 16.7. The molecule has 188 valence electrons. The van der Waals surface area contributed by atoms with E-state index in [0.717, 1.165) is 0 Å². The van der Waals surface area contributed by atoms with E-state index in [9.17, 15) is 0 Å². The van der Waals surface area contributed by atoms with Crippen molar-refractivity contribution in [2.24, 2.45) is 11.5 Å². The van der Waals surface area contributed by atoms with Gasteiger partial charge in [0.05, 0.1) is 34.0 Å². The van der Waals surface area contributed by atoms with Crippen molar-refractivity contribution in [1.29, 1.82) is 10.8 Å². The number of rotatable bonds is 6. The second-order valence-corrected chi connectivity index (χ2v) is 22.8. The Morgan fingerprint density at radius 1 is 0.500 bits per heavy atom. The largest absolute Gasteiger partial charge is 0.396 e. The fourth-order valence-electron chi connectivity index (χ4n) is 6.26. The molecule has 0 amide bonds. The second kappa shape index (κ2) is 11.1. The third-order valence-corrected chi connectivity index (χ3v) is 20.7. The number of nitrogens with two attached hydrogens (primary N) is 2. The van der Waals surface area contributed by atoms with Gasteiger partial charge in [-0.05, 0) is 33.2 Å². The highest BCUT2D eigenvalue weighted by Gasteiger charge is 2.43. The minimum atomic E-state index is -2.01. The molecule has 0 fully saturated rings. The van der Waals surface area contributed by atoms with Crippen LogP contribution in [0, 0.1) is 33.7 Å². The van der Waals surface area contributed by atoms with Crippen LogP contribution in [0.15, 0.2) is 22.5 Å². The predicted molar refractivity (Wildman–Crippen MR) is 156 cm³/mol. The molecule has 1 aliphatic carbocycles. The van der Waals surface area contributed by atoms with Gasteiger partial charge in [0.1, 0.15) is 16.1 Å². The van der Waals surface area contributed by atoms with Gasteiger partial charge in [-0.1, -0.05) is 94.9 Å². The van der Waals surface area contributed by atoms with Crippen LogP contribution in [0.1, 0.15) is 83.1 Å². The topological polar surface area (TPSA) is 99.7 Å². The van der Waals surface area contributed by atoms with Crippen LogP contribution in [0.3, 0.4) is 0 Å². The molecule has 0 atom stereocenters. The lowest BCUT2D eigenvalue weighted by Crippen LogP contribution is -2.43. The summed E-state index contributed by atoms with van der Waals surface area (Å²) >= 11 is 0. The first-order valence-corrected chi connectivity index (χ1v) is 17.2. The molecule has 4 nitrogen and oxygen atoms in total. The first-order valence-electron chi connectivity index (χ1n) is 12.7. The highest BCUT2D eigenvalue weighted by molar-refractivity contribution is 6.91. The van der Waals surface area contributed by atoms with Crippen molar-refractivity contribution in [2.45, 2.75) is 116 Å². The Kier molecular flexibility index (Phi) is 9.83. The number of allylic oxidation sites excluding steroid dienone is 2. The van der Waals surface area contributed by atoms with Crippen LogP contribution in [0.5, 0.6) is 0 Å². The molecular formula is C28H48N4Si2. The smallest absolute Gasteiger partial charge is 0.146 e. The summed E-state index contributed by atoms with van der Waals surface area (Å²) in [6.07, 6.45) is 0. The molecule has 0 aromatic rings. The van der Waals surface area contributed by atoms with Crippen molar-refractivity contribution < 1.29 is 0 Å². The molecule has 0 heterocycles. The molecule has 6 N–H and O–H groups in total. The molecule has 0 aromatic carbocycles. The first kappa shape index (κ1) is 30.0.